The summed E-state index contributed by atoms with van der Waals surface area (Å²) in [5.74, 6) is -2.05. The van der Waals surface area contributed by atoms with E-state index in [0.717, 1.165) is 6.07 Å². The van der Waals surface area contributed by atoms with Gasteiger partial charge in [0.05, 0.1) is 11.1 Å². The Bertz CT molecular complexity index is 412. The molecule has 1 aromatic rings. The molecule has 88 valence electrons. The molecule has 3 nitrogen and oxygen atoms in total. The Morgan fingerprint density at radius 2 is 2.25 bits per heavy atom. The summed E-state index contributed by atoms with van der Waals surface area (Å²) in [7, 11) is 0. The van der Waals surface area contributed by atoms with Crippen LogP contribution in [-0.4, -0.2) is 17.6 Å². The first-order valence-corrected chi connectivity index (χ1v) is 5.07. The number of rotatable bonds is 3. The molecule has 0 unspecified atom stereocenters. The average molecular weight is 298 g/mol. The van der Waals surface area contributed by atoms with Crippen LogP contribution < -0.4 is 0 Å². The quantitative estimate of drug-likeness (QED) is 0.805. The molecule has 0 aliphatic heterocycles. The Morgan fingerprint density at radius 3 is 2.75 bits per heavy atom. The molecule has 1 rings (SSSR count). The molecule has 0 aliphatic rings. The van der Waals surface area contributed by atoms with Gasteiger partial charge in [0.15, 0.2) is 5.82 Å². The number of halogens is 4. The third-order valence-corrected chi connectivity index (χ3v) is 2.21. The van der Waals surface area contributed by atoms with Gasteiger partial charge < -0.3 is 4.74 Å². The van der Waals surface area contributed by atoms with Crippen molar-refractivity contribution in [2.75, 3.05) is 6.61 Å². The molecule has 0 atom stereocenters. The first-order chi connectivity index (χ1) is 7.47. The molecule has 0 radical (unpaired) electrons. The molecule has 0 amide bonds. The van der Waals surface area contributed by atoms with Crippen LogP contribution >= 0.6 is 15.9 Å². The summed E-state index contributed by atoms with van der Waals surface area (Å²) in [5, 5.41) is 0. The summed E-state index contributed by atoms with van der Waals surface area (Å²) < 4.78 is 42.2. The van der Waals surface area contributed by atoms with Crippen LogP contribution in [0.15, 0.2) is 10.5 Å². The summed E-state index contributed by atoms with van der Waals surface area (Å²) in [6.07, 6.45) is -3.09. The van der Waals surface area contributed by atoms with Gasteiger partial charge in [-0.25, -0.2) is 22.9 Å². The summed E-state index contributed by atoms with van der Waals surface area (Å²) in [6.45, 7) is 1.64. The van der Waals surface area contributed by atoms with Crippen LogP contribution in [0.25, 0.3) is 0 Å². The monoisotopic (exact) mass is 297 g/mol. The van der Waals surface area contributed by atoms with Gasteiger partial charge in [-0.2, -0.15) is 0 Å². The zero-order valence-corrected chi connectivity index (χ0v) is 9.72. The topological polar surface area (TPSA) is 39.2 Å². The SMILES string of the molecule is CCOC(=O)c1cc(Br)c(F)c(C(F)F)n1. The standard InChI is InChI=1S/C9H7BrF3NO2/c1-2-16-9(15)5-3-4(10)6(11)7(14-5)8(12)13/h3,8H,2H2,1H3. The molecule has 1 heterocycles. The minimum absolute atomic E-state index is 0.0829. The van der Waals surface area contributed by atoms with Crippen LogP contribution in [0.1, 0.15) is 29.5 Å². The number of nitrogens with zero attached hydrogens (tertiary/aromatic N) is 1. The lowest BCUT2D eigenvalue weighted by atomic mass is 10.3. The minimum Gasteiger partial charge on any atom is -0.461 e. The Hall–Kier alpha value is -1.11. The van der Waals surface area contributed by atoms with E-state index >= 15 is 0 Å². The Kier molecular flexibility index (Phi) is 4.28. The van der Waals surface area contributed by atoms with E-state index in [9.17, 15) is 18.0 Å². The number of hydrogen-bond acceptors (Lipinski definition) is 3. The third-order valence-electron chi connectivity index (χ3n) is 1.63. The number of hydrogen-bond donors (Lipinski definition) is 0. The first kappa shape index (κ1) is 13.0. The molecule has 0 N–H and O–H groups in total. The molecule has 1 aromatic heterocycles. The van der Waals surface area contributed by atoms with Crippen LogP contribution in [0.5, 0.6) is 0 Å². The molecule has 0 aromatic carbocycles. The van der Waals surface area contributed by atoms with Crippen LogP contribution in [0.2, 0.25) is 0 Å². The highest BCUT2D eigenvalue weighted by Crippen LogP contribution is 2.26. The Morgan fingerprint density at radius 1 is 1.62 bits per heavy atom. The third kappa shape index (κ3) is 2.72. The largest absolute Gasteiger partial charge is 0.461 e. The molecule has 0 fully saturated rings. The first-order valence-electron chi connectivity index (χ1n) is 4.28. The highest BCUT2D eigenvalue weighted by molar-refractivity contribution is 9.10. The number of ether oxygens (including phenoxy) is 1. The predicted molar refractivity (Wildman–Crippen MR) is 52.8 cm³/mol. The molecule has 7 heteroatoms. The summed E-state index contributed by atoms with van der Waals surface area (Å²) in [6, 6.07) is 0.999. The minimum atomic E-state index is -3.09. The lowest BCUT2D eigenvalue weighted by Crippen LogP contribution is -2.10. The lowest BCUT2D eigenvalue weighted by Gasteiger charge is -2.06. The molecule has 0 aliphatic carbocycles. The van der Waals surface area contributed by atoms with Crippen molar-refractivity contribution in [3.8, 4) is 0 Å². The van der Waals surface area contributed by atoms with Crippen molar-refractivity contribution in [3.05, 3.63) is 27.7 Å². The van der Waals surface area contributed by atoms with Crippen molar-refractivity contribution in [3.63, 3.8) is 0 Å². The molecule has 0 saturated carbocycles. The highest BCUT2D eigenvalue weighted by Gasteiger charge is 2.22. The van der Waals surface area contributed by atoms with E-state index in [0.29, 0.717) is 0 Å². The van der Waals surface area contributed by atoms with E-state index in [1.54, 1.807) is 6.92 Å². The van der Waals surface area contributed by atoms with Gasteiger partial charge in [-0.3, -0.25) is 0 Å². The Balaban J connectivity index is 3.18. The van der Waals surface area contributed by atoms with Gasteiger partial charge in [-0.05, 0) is 28.9 Å². The van der Waals surface area contributed by atoms with Gasteiger partial charge in [-0.1, -0.05) is 0 Å². The summed E-state index contributed by atoms with van der Waals surface area (Å²) in [4.78, 5) is 14.4. The van der Waals surface area contributed by atoms with Crippen LogP contribution in [-0.2, 0) is 4.74 Å². The van der Waals surface area contributed by atoms with Gasteiger partial charge in [-0.15, -0.1) is 0 Å². The van der Waals surface area contributed by atoms with Crippen molar-refractivity contribution in [1.82, 2.24) is 4.98 Å². The maximum atomic E-state index is 13.1. The predicted octanol–water partition coefficient (Wildman–Crippen LogP) is 3.10. The smallest absolute Gasteiger partial charge is 0.356 e. The van der Waals surface area contributed by atoms with Gasteiger partial charge in [0.2, 0.25) is 0 Å². The second-order valence-corrected chi connectivity index (χ2v) is 3.56. The fraction of sp³-hybridized carbons (Fsp3) is 0.333. The van der Waals surface area contributed by atoms with Crippen molar-refractivity contribution in [2.24, 2.45) is 0 Å². The van der Waals surface area contributed by atoms with E-state index in [1.165, 1.54) is 0 Å². The molecular weight excluding hydrogens is 291 g/mol. The van der Waals surface area contributed by atoms with E-state index in [1.807, 2.05) is 0 Å². The summed E-state index contributed by atoms with van der Waals surface area (Å²) in [5.41, 5.74) is -1.43. The fourth-order valence-corrected chi connectivity index (χ4v) is 1.39. The number of carbonyl (C=O) groups excluding carboxylic acids is 1. The van der Waals surface area contributed by atoms with Crippen molar-refractivity contribution < 1.29 is 22.7 Å². The number of pyridine rings is 1. The molecule has 0 saturated heterocycles. The number of aromatic nitrogens is 1. The van der Waals surface area contributed by atoms with E-state index in [2.05, 4.69) is 25.7 Å². The lowest BCUT2D eigenvalue weighted by molar-refractivity contribution is 0.0517. The number of esters is 1. The van der Waals surface area contributed by atoms with Crippen LogP contribution in [0, 0.1) is 5.82 Å². The van der Waals surface area contributed by atoms with Gasteiger partial charge >= 0.3 is 5.97 Å². The normalized spacial score (nSPS) is 10.6. The zero-order valence-electron chi connectivity index (χ0n) is 8.14. The van der Waals surface area contributed by atoms with Crippen molar-refractivity contribution in [1.29, 1.82) is 0 Å². The maximum Gasteiger partial charge on any atom is 0.356 e. The van der Waals surface area contributed by atoms with Crippen LogP contribution in [0.4, 0.5) is 13.2 Å². The Labute approximate surface area is 97.8 Å². The second-order valence-electron chi connectivity index (χ2n) is 2.71. The fourth-order valence-electron chi connectivity index (χ4n) is 0.971. The highest BCUT2D eigenvalue weighted by atomic mass is 79.9. The van der Waals surface area contributed by atoms with Crippen LogP contribution in [0.3, 0.4) is 0 Å². The molecule has 0 bridgehead atoms. The molecule has 16 heavy (non-hydrogen) atoms. The average Bonchev–Trinajstić information content (AvgIpc) is 2.21. The van der Waals surface area contributed by atoms with Crippen molar-refractivity contribution >= 4 is 21.9 Å². The van der Waals surface area contributed by atoms with E-state index in [4.69, 9.17) is 0 Å². The van der Waals surface area contributed by atoms with E-state index in [-0.39, 0.29) is 16.8 Å². The van der Waals surface area contributed by atoms with Crippen molar-refractivity contribution in [2.45, 2.75) is 13.3 Å². The molecule has 0 spiro atoms. The zero-order chi connectivity index (χ0) is 12.3. The summed E-state index contributed by atoms with van der Waals surface area (Å²) >= 11 is 2.73. The number of alkyl halides is 2. The van der Waals surface area contributed by atoms with E-state index < -0.39 is 23.9 Å². The van der Waals surface area contributed by atoms with Gasteiger partial charge in [0, 0.05) is 0 Å². The molecular formula is C9H7BrF3NO2. The van der Waals surface area contributed by atoms with Gasteiger partial charge in [0.25, 0.3) is 6.43 Å². The maximum absolute atomic E-state index is 13.1. The number of carbonyl (C=O) groups is 1. The van der Waals surface area contributed by atoms with Gasteiger partial charge in [0.1, 0.15) is 11.4 Å². The second kappa shape index (κ2) is 5.29.